The zero-order valence-electron chi connectivity index (χ0n) is 41.2. The minimum Gasteiger partial charge on any atom is -0.391 e. The Morgan fingerprint density at radius 2 is 1.64 bits per heavy atom. The molecule has 20 heteroatoms. The van der Waals surface area contributed by atoms with Gasteiger partial charge in [0.1, 0.15) is 24.2 Å². The Hall–Kier alpha value is -6.27. The quantitative estimate of drug-likeness (QED) is 0.0510. The number of likely N-dealkylation sites (tertiary alicyclic amines) is 1. The van der Waals surface area contributed by atoms with E-state index in [1.165, 1.54) is 11.0 Å². The monoisotopic (exact) mass is 1030 g/mol. The molecule has 2 fully saturated rings. The SMILES string of the molecule is Cc1ncsc1-c1ccc(CNC(=O)[C@@H]2C[C@@H](O)CN2C(=O)[C@@H](NC(=O)COCCCCCNC(=O)CCCc2ccc(N3C(=S)N(c4ccc(C#N)c(C(F)(F)F)c4)C(=O)C3(C)C)cc2)C(C)(C)C)cc1. The van der Waals surface area contributed by atoms with Crippen LogP contribution in [0.15, 0.2) is 72.2 Å². The van der Waals surface area contributed by atoms with Crippen molar-refractivity contribution >= 4 is 69.6 Å². The average molecular weight is 1030 g/mol. The maximum absolute atomic E-state index is 14.0. The number of hydrogen-bond acceptors (Lipinski definition) is 11. The molecule has 2 saturated heterocycles. The van der Waals surface area contributed by atoms with Crippen LogP contribution in [0.25, 0.3) is 10.4 Å². The topological polar surface area (TPSA) is 197 Å². The number of benzene rings is 3. The number of ether oxygens (including phenoxy) is 1. The third-order valence-electron chi connectivity index (χ3n) is 12.7. The molecule has 0 unspecified atom stereocenters. The molecule has 3 atom stereocenters. The first kappa shape index (κ1) is 55.1. The molecule has 0 spiro atoms. The summed E-state index contributed by atoms with van der Waals surface area (Å²) in [5.41, 5.74) is 2.41. The average Bonchev–Trinajstić information content (AvgIpc) is 3.99. The first-order valence-electron chi connectivity index (χ1n) is 23.8. The summed E-state index contributed by atoms with van der Waals surface area (Å²) >= 11 is 7.19. The van der Waals surface area contributed by atoms with Crippen molar-refractivity contribution < 1.29 is 47.0 Å². The van der Waals surface area contributed by atoms with Gasteiger partial charge in [0.2, 0.25) is 23.6 Å². The van der Waals surface area contributed by atoms with Gasteiger partial charge >= 0.3 is 6.18 Å². The van der Waals surface area contributed by atoms with Gasteiger partial charge in [-0.1, -0.05) is 57.2 Å². The molecule has 2 aliphatic rings. The van der Waals surface area contributed by atoms with Gasteiger partial charge in [0.05, 0.1) is 45.1 Å². The van der Waals surface area contributed by atoms with Gasteiger partial charge < -0.3 is 35.6 Å². The van der Waals surface area contributed by atoms with Crippen molar-refractivity contribution in [3.05, 3.63) is 100 Å². The fourth-order valence-corrected chi connectivity index (χ4v) is 10.0. The summed E-state index contributed by atoms with van der Waals surface area (Å²) in [5.74, 6) is -1.96. The van der Waals surface area contributed by atoms with E-state index in [-0.39, 0.29) is 49.4 Å². The number of halogens is 3. The van der Waals surface area contributed by atoms with Crippen molar-refractivity contribution in [2.75, 3.05) is 36.1 Å². The first-order chi connectivity index (χ1) is 34.0. The fourth-order valence-electron chi connectivity index (χ4n) is 8.69. The standard InChI is InChI=1S/C52H61F3N8O7S2/c1-32-44(72-31-59-32)35-17-13-34(14-18-35)28-58-46(67)41-26-39(64)29-61(41)47(68)45(50(2,3)4)60-43(66)30-70-24-9-7-8-23-57-42(65)12-10-11-33-15-20-37(21-16-33)63-49(71)62(48(69)51(63,5)6)38-22-19-36(27-56)40(25-38)52(53,54)55/h13-22,25,31,39,41,45,64H,7-12,23-24,26,28-30H2,1-6H3,(H,57,65)(H,58,67)(H,60,66)/t39-,41+,45-/m1/s1. The maximum atomic E-state index is 14.0. The summed E-state index contributed by atoms with van der Waals surface area (Å²) in [6.45, 7) is 11.3. The number of β-amino-alcohol motifs (C(OH)–C–C–N with tert-alkyl or cyclic N) is 1. The van der Waals surface area contributed by atoms with Crippen molar-refractivity contribution in [2.45, 2.75) is 123 Å². The molecule has 0 aliphatic carbocycles. The smallest absolute Gasteiger partial charge is 0.391 e. The molecule has 0 radical (unpaired) electrons. The fraction of sp³-hybridized carbons (Fsp3) is 0.462. The molecule has 384 valence electrons. The molecule has 0 bridgehead atoms. The van der Waals surface area contributed by atoms with Crippen LogP contribution in [0, 0.1) is 23.7 Å². The first-order valence-corrected chi connectivity index (χ1v) is 25.1. The highest BCUT2D eigenvalue weighted by Gasteiger charge is 2.51. The van der Waals surface area contributed by atoms with Crippen molar-refractivity contribution in [1.82, 2.24) is 25.8 Å². The number of nitrogens with one attached hydrogen (secondary N) is 3. The van der Waals surface area contributed by atoms with Gasteiger partial charge in [-0.3, -0.25) is 28.9 Å². The molecule has 3 aromatic carbocycles. The van der Waals surface area contributed by atoms with E-state index >= 15 is 0 Å². The molecule has 3 heterocycles. The van der Waals surface area contributed by atoms with Crippen LogP contribution in [0.1, 0.15) is 101 Å². The van der Waals surface area contributed by atoms with E-state index < -0.39 is 70.1 Å². The molecule has 6 rings (SSSR count). The number of thiocarbonyl (C=S) groups is 1. The number of thiazole rings is 1. The van der Waals surface area contributed by atoms with E-state index in [2.05, 4.69) is 20.9 Å². The number of aliphatic hydroxyl groups excluding tert-OH is 1. The number of alkyl halides is 3. The highest BCUT2D eigenvalue weighted by Crippen LogP contribution is 2.40. The van der Waals surface area contributed by atoms with Gasteiger partial charge in [0, 0.05) is 44.8 Å². The number of aromatic nitrogens is 1. The number of nitriles is 1. The van der Waals surface area contributed by atoms with E-state index in [9.17, 15) is 47.5 Å². The normalized spacial score (nSPS) is 17.2. The Balaban J connectivity index is 0.866. The third kappa shape index (κ3) is 13.4. The lowest BCUT2D eigenvalue weighted by Crippen LogP contribution is -2.58. The van der Waals surface area contributed by atoms with Crippen LogP contribution >= 0.6 is 23.6 Å². The van der Waals surface area contributed by atoms with Crippen molar-refractivity contribution in [3.63, 3.8) is 0 Å². The Labute approximate surface area is 427 Å². The minimum absolute atomic E-state index is 0.000733. The zero-order valence-corrected chi connectivity index (χ0v) is 42.9. The van der Waals surface area contributed by atoms with Crippen LogP contribution in [0.5, 0.6) is 0 Å². The highest BCUT2D eigenvalue weighted by molar-refractivity contribution is 7.81. The zero-order chi connectivity index (χ0) is 52.5. The lowest BCUT2D eigenvalue weighted by molar-refractivity contribution is -0.144. The van der Waals surface area contributed by atoms with Crippen LogP contribution in [0.4, 0.5) is 24.5 Å². The second-order valence-electron chi connectivity index (χ2n) is 19.6. The molecule has 15 nitrogen and oxygen atoms in total. The van der Waals surface area contributed by atoms with Gasteiger partial charge in [-0.2, -0.15) is 18.4 Å². The van der Waals surface area contributed by atoms with Gasteiger partial charge in [-0.15, -0.1) is 11.3 Å². The maximum Gasteiger partial charge on any atom is 0.417 e. The van der Waals surface area contributed by atoms with Gasteiger partial charge in [-0.25, -0.2) is 4.98 Å². The van der Waals surface area contributed by atoms with Gasteiger partial charge in [0.15, 0.2) is 5.11 Å². The van der Waals surface area contributed by atoms with E-state index in [0.717, 1.165) is 50.7 Å². The molecule has 1 aromatic heterocycles. The summed E-state index contributed by atoms with van der Waals surface area (Å²) in [4.78, 5) is 75.9. The summed E-state index contributed by atoms with van der Waals surface area (Å²) in [5, 5.41) is 28.4. The van der Waals surface area contributed by atoms with Crippen LogP contribution in [-0.4, -0.2) is 99.7 Å². The molecule has 0 saturated carbocycles. The van der Waals surface area contributed by atoms with E-state index in [0.29, 0.717) is 44.3 Å². The lowest BCUT2D eigenvalue weighted by Gasteiger charge is -2.35. The predicted molar refractivity (Wildman–Crippen MR) is 272 cm³/mol. The number of rotatable bonds is 20. The number of nitrogens with zero attached hydrogens (tertiary/aromatic N) is 5. The number of carbonyl (C=O) groups is 5. The third-order valence-corrected chi connectivity index (χ3v) is 14.0. The van der Waals surface area contributed by atoms with Crippen molar-refractivity contribution in [2.24, 2.45) is 5.41 Å². The van der Waals surface area contributed by atoms with Crippen LogP contribution in [0.3, 0.4) is 0 Å². The number of aliphatic hydroxyl groups is 1. The number of anilines is 2. The van der Waals surface area contributed by atoms with Crippen LogP contribution in [-0.2, 0) is 47.9 Å². The number of amides is 5. The van der Waals surface area contributed by atoms with Crippen molar-refractivity contribution in [3.8, 4) is 16.5 Å². The summed E-state index contributed by atoms with van der Waals surface area (Å²) in [6.07, 6.45) is -2.09. The molecule has 5 amide bonds. The van der Waals surface area contributed by atoms with Gasteiger partial charge in [0.25, 0.3) is 5.91 Å². The summed E-state index contributed by atoms with van der Waals surface area (Å²) < 4.78 is 46.8. The van der Waals surface area contributed by atoms with Crippen LogP contribution < -0.4 is 25.8 Å². The summed E-state index contributed by atoms with van der Waals surface area (Å²) in [6, 6.07) is 17.8. The van der Waals surface area contributed by atoms with Gasteiger partial charge in [-0.05, 0) is 118 Å². The number of unbranched alkanes of at least 4 members (excludes halogenated alkanes) is 2. The Morgan fingerprint density at radius 1 is 0.958 bits per heavy atom. The Kier molecular flexibility index (Phi) is 18.0. The predicted octanol–water partition coefficient (Wildman–Crippen LogP) is 7.36. The van der Waals surface area contributed by atoms with Crippen molar-refractivity contribution in [1.29, 1.82) is 5.26 Å². The molecule has 4 aromatic rings. The van der Waals surface area contributed by atoms with E-state index in [1.807, 2.05) is 64.1 Å². The minimum atomic E-state index is -4.81. The molecular formula is C52H61F3N8O7S2. The Bertz CT molecular complexity index is 2660. The molecule has 4 N–H and O–H groups in total. The molecular weight excluding hydrogens is 970 g/mol. The van der Waals surface area contributed by atoms with E-state index in [1.54, 1.807) is 53.8 Å². The van der Waals surface area contributed by atoms with E-state index in [4.69, 9.17) is 17.0 Å². The second-order valence-corrected chi connectivity index (χ2v) is 20.8. The number of carbonyl (C=O) groups excluding carboxylic acids is 5. The largest absolute Gasteiger partial charge is 0.417 e. The highest BCUT2D eigenvalue weighted by atomic mass is 32.1. The summed E-state index contributed by atoms with van der Waals surface area (Å²) in [7, 11) is 0. The lowest BCUT2D eigenvalue weighted by atomic mass is 9.85. The number of aryl methyl sites for hydroxylation is 2. The Morgan fingerprint density at radius 3 is 2.28 bits per heavy atom. The second kappa shape index (κ2) is 23.5. The van der Waals surface area contributed by atoms with Crippen LogP contribution in [0.2, 0.25) is 0 Å². The molecule has 2 aliphatic heterocycles. The molecule has 72 heavy (non-hydrogen) atoms. The number of hydrogen-bond donors (Lipinski definition) is 4.